The number of aliphatic imine (C=N–C) groups is 1. The number of nitrogens with zero attached hydrogens (tertiary/aromatic N) is 2. The van der Waals surface area contributed by atoms with Crippen LogP contribution in [0.3, 0.4) is 0 Å². The summed E-state index contributed by atoms with van der Waals surface area (Å²) in [7, 11) is 1.54. The molecule has 5 nitrogen and oxygen atoms in total. The molecule has 0 atom stereocenters. The van der Waals surface area contributed by atoms with E-state index in [0.29, 0.717) is 6.61 Å². The van der Waals surface area contributed by atoms with E-state index in [1.54, 1.807) is 0 Å². The summed E-state index contributed by atoms with van der Waals surface area (Å²) in [4.78, 5) is 29.8. The Balaban J connectivity index is 2.31. The van der Waals surface area contributed by atoms with Gasteiger partial charge in [-0.1, -0.05) is 30.3 Å². The molecule has 0 unspecified atom stereocenters. The second-order valence-electron chi connectivity index (χ2n) is 3.37. The molecule has 0 saturated carbocycles. The fourth-order valence-electron chi connectivity index (χ4n) is 1.17. The Morgan fingerprint density at radius 3 is 2.76 bits per heavy atom. The fraction of sp³-hybridized carbons (Fsp3) is 0.333. The van der Waals surface area contributed by atoms with Crippen LogP contribution < -0.4 is 0 Å². The van der Waals surface area contributed by atoms with Crippen molar-refractivity contribution in [1.82, 2.24) is 5.06 Å². The number of rotatable bonds is 6. The van der Waals surface area contributed by atoms with Crippen molar-refractivity contribution in [3.8, 4) is 0 Å². The highest BCUT2D eigenvalue weighted by atomic mass is 16.7. The Kier molecular flexibility index (Phi) is 5.64. The molecule has 0 N–H and O–H groups in total. The van der Waals surface area contributed by atoms with Crippen molar-refractivity contribution in [1.29, 1.82) is 0 Å². The predicted molar refractivity (Wildman–Crippen MR) is 61.6 cm³/mol. The Morgan fingerprint density at radius 2 is 2.12 bits per heavy atom. The maximum atomic E-state index is 11.5. The van der Waals surface area contributed by atoms with Gasteiger partial charge < -0.3 is 0 Å². The molecular weight excluding hydrogens is 220 g/mol. The lowest BCUT2D eigenvalue weighted by Gasteiger charge is -2.16. The largest absolute Gasteiger partial charge is 0.273 e. The molecule has 0 aromatic heterocycles. The van der Waals surface area contributed by atoms with E-state index >= 15 is 0 Å². The molecule has 0 fully saturated rings. The first-order chi connectivity index (χ1) is 8.24. The summed E-state index contributed by atoms with van der Waals surface area (Å²) in [5.74, 6) is -0.222. The minimum atomic E-state index is -0.222. The van der Waals surface area contributed by atoms with Crippen molar-refractivity contribution >= 4 is 12.0 Å². The van der Waals surface area contributed by atoms with Crippen molar-refractivity contribution in [2.75, 3.05) is 13.6 Å². The molecule has 5 heteroatoms. The average molecular weight is 234 g/mol. The lowest BCUT2D eigenvalue weighted by molar-refractivity contribution is -0.182. The van der Waals surface area contributed by atoms with Gasteiger partial charge in [0.1, 0.15) is 6.61 Å². The third-order valence-electron chi connectivity index (χ3n) is 2.12. The van der Waals surface area contributed by atoms with Gasteiger partial charge in [-0.2, -0.15) is 0 Å². The van der Waals surface area contributed by atoms with Crippen LogP contribution in [0, 0.1) is 0 Å². The maximum Gasteiger partial charge on any atom is 0.247 e. The number of isocyanates is 1. The van der Waals surface area contributed by atoms with Gasteiger partial charge in [-0.05, 0) is 5.56 Å². The van der Waals surface area contributed by atoms with E-state index in [1.807, 2.05) is 30.3 Å². The number of hydroxylamine groups is 2. The van der Waals surface area contributed by atoms with Gasteiger partial charge in [0.15, 0.2) is 0 Å². The molecule has 17 heavy (non-hydrogen) atoms. The summed E-state index contributed by atoms with van der Waals surface area (Å²) < 4.78 is 0. The molecule has 0 spiro atoms. The molecule has 0 bridgehead atoms. The first kappa shape index (κ1) is 13.1. The third-order valence-corrected chi connectivity index (χ3v) is 2.12. The number of hydrogen-bond acceptors (Lipinski definition) is 4. The molecule has 1 aromatic rings. The first-order valence-corrected chi connectivity index (χ1v) is 5.21. The molecule has 0 radical (unpaired) electrons. The van der Waals surface area contributed by atoms with E-state index in [0.717, 1.165) is 10.6 Å². The van der Waals surface area contributed by atoms with Gasteiger partial charge in [0, 0.05) is 13.5 Å². The number of carbonyl (C=O) groups is 1. The van der Waals surface area contributed by atoms with Crippen LogP contribution in [0.1, 0.15) is 12.0 Å². The molecule has 0 saturated heterocycles. The molecular formula is C12H14N2O3. The zero-order valence-electron chi connectivity index (χ0n) is 9.63. The molecule has 0 heterocycles. The first-order valence-electron chi connectivity index (χ1n) is 5.21. The van der Waals surface area contributed by atoms with Crippen molar-refractivity contribution in [2.45, 2.75) is 13.0 Å². The van der Waals surface area contributed by atoms with Crippen LogP contribution in [0.2, 0.25) is 0 Å². The third kappa shape index (κ3) is 5.06. The lowest BCUT2D eigenvalue weighted by Crippen LogP contribution is -2.27. The van der Waals surface area contributed by atoms with Gasteiger partial charge in [0.05, 0.1) is 6.54 Å². The van der Waals surface area contributed by atoms with Gasteiger partial charge >= 0.3 is 0 Å². The highest BCUT2D eigenvalue weighted by Gasteiger charge is 2.08. The van der Waals surface area contributed by atoms with Crippen LogP contribution in [-0.4, -0.2) is 30.6 Å². The van der Waals surface area contributed by atoms with Crippen molar-refractivity contribution in [2.24, 2.45) is 4.99 Å². The Bertz CT molecular complexity index is 399. The lowest BCUT2D eigenvalue weighted by atomic mass is 10.2. The summed E-state index contributed by atoms with van der Waals surface area (Å²) in [5.41, 5.74) is 0.984. The smallest absolute Gasteiger partial charge is 0.247 e. The quantitative estimate of drug-likeness (QED) is 0.423. The van der Waals surface area contributed by atoms with E-state index in [9.17, 15) is 9.59 Å². The number of benzene rings is 1. The standard InChI is InChI=1S/C12H14N2O3/c1-14(12(16)7-8-13-10-15)17-9-11-5-3-2-4-6-11/h2-6H,7-9H2,1H3. The van der Waals surface area contributed by atoms with Gasteiger partial charge in [-0.25, -0.2) is 14.9 Å². The van der Waals surface area contributed by atoms with Crippen LogP contribution in [0.15, 0.2) is 35.3 Å². The fourth-order valence-corrected chi connectivity index (χ4v) is 1.17. The second kappa shape index (κ2) is 7.33. The van der Waals surface area contributed by atoms with Crippen LogP contribution in [0.5, 0.6) is 0 Å². The van der Waals surface area contributed by atoms with Gasteiger partial charge in [0.2, 0.25) is 12.0 Å². The van der Waals surface area contributed by atoms with Gasteiger partial charge in [0.25, 0.3) is 0 Å². The van der Waals surface area contributed by atoms with E-state index in [1.165, 1.54) is 13.1 Å². The van der Waals surface area contributed by atoms with Crippen molar-refractivity contribution in [3.05, 3.63) is 35.9 Å². The molecule has 90 valence electrons. The van der Waals surface area contributed by atoms with E-state index in [-0.39, 0.29) is 18.9 Å². The molecule has 1 amide bonds. The minimum Gasteiger partial charge on any atom is -0.273 e. The SMILES string of the molecule is CN(OCc1ccccc1)C(=O)CCN=C=O. The highest BCUT2D eigenvalue weighted by Crippen LogP contribution is 2.02. The average Bonchev–Trinajstić information content (AvgIpc) is 2.37. The van der Waals surface area contributed by atoms with E-state index < -0.39 is 0 Å². The maximum absolute atomic E-state index is 11.5. The zero-order chi connectivity index (χ0) is 12.5. The summed E-state index contributed by atoms with van der Waals surface area (Å²) in [6.45, 7) is 0.474. The van der Waals surface area contributed by atoms with Crippen LogP contribution in [0.25, 0.3) is 0 Å². The molecule has 0 aliphatic heterocycles. The Hall–Kier alpha value is -1.97. The normalized spacial score (nSPS) is 9.47. The monoisotopic (exact) mass is 234 g/mol. The van der Waals surface area contributed by atoms with Gasteiger partial charge in [-0.3, -0.25) is 9.63 Å². The number of amides is 1. The van der Waals surface area contributed by atoms with Crippen LogP contribution in [-0.2, 0) is 21.0 Å². The Morgan fingerprint density at radius 1 is 1.41 bits per heavy atom. The molecule has 1 rings (SSSR count). The molecule has 0 aliphatic carbocycles. The molecule has 1 aromatic carbocycles. The van der Waals surface area contributed by atoms with Crippen molar-refractivity contribution in [3.63, 3.8) is 0 Å². The van der Waals surface area contributed by atoms with E-state index in [2.05, 4.69) is 4.99 Å². The Labute approximate surface area is 99.7 Å². The number of hydrogen-bond donors (Lipinski definition) is 0. The van der Waals surface area contributed by atoms with Crippen LogP contribution in [0.4, 0.5) is 0 Å². The summed E-state index contributed by atoms with van der Waals surface area (Å²) in [6.07, 6.45) is 1.52. The predicted octanol–water partition coefficient (Wildman–Crippen LogP) is 1.30. The minimum absolute atomic E-state index is 0.139. The summed E-state index contributed by atoms with van der Waals surface area (Å²) >= 11 is 0. The summed E-state index contributed by atoms with van der Waals surface area (Å²) in [5, 5.41) is 1.16. The second-order valence-corrected chi connectivity index (χ2v) is 3.37. The van der Waals surface area contributed by atoms with Crippen LogP contribution >= 0.6 is 0 Å². The van der Waals surface area contributed by atoms with Gasteiger partial charge in [-0.15, -0.1) is 0 Å². The van der Waals surface area contributed by atoms with E-state index in [4.69, 9.17) is 4.84 Å². The van der Waals surface area contributed by atoms with Crippen molar-refractivity contribution < 1.29 is 14.4 Å². The topological polar surface area (TPSA) is 59.0 Å². The number of carbonyl (C=O) groups excluding carboxylic acids is 2. The summed E-state index contributed by atoms with van der Waals surface area (Å²) in [6, 6.07) is 9.54. The molecule has 0 aliphatic rings. The highest BCUT2D eigenvalue weighted by molar-refractivity contribution is 5.75. The zero-order valence-corrected chi connectivity index (χ0v) is 9.63.